The molecule has 1 aliphatic heterocycles. The molecule has 0 radical (unpaired) electrons. The Hall–Kier alpha value is -1.83. The Bertz CT molecular complexity index is 696. The van der Waals surface area contributed by atoms with Gasteiger partial charge in [-0.05, 0) is 37.6 Å². The highest BCUT2D eigenvalue weighted by molar-refractivity contribution is 7.14. The molecule has 2 aromatic rings. The van der Waals surface area contributed by atoms with Crippen molar-refractivity contribution in [1.29, 1.82) is 0 Å². The molecule has 0 saturated carbocycles. The number of rotatable bonds is 7. The second-order valence-corrected chi connectivity index (χ2v) is 7.41. The van der Waals surface area contributed by atoms with Gasteiger partial charge in [-0.25, -0.2) is 4.79 Å². The van der Waals surface area contributed by atoms with Gasteiger partial charge < -0.3 is 24.8 Å². The number of carbonyl (C=O) groups excluding carboxylic acids is 1. The number of urea groups is 1. The number of nitrogens with one attached hydrogen (secondary N) is 2. The molecular weight excluding hydrogens is 336 g/mol. The van der Waals surface area contributed by atoms with Crippen LogP contribution in [0.2, 0.25) is 0 Å². The molecule has 0 saturated heterocycles. The predicted octanol–water partition coefficient (Wildman–Crippen LogP) is 2.36. The fourth-order valence-electron chi connectivity index (χ4n) is 3.09. The van der Waals surface area contributed by atoms with E-state index >= 15 is 0 Å². The van der Waals surface area contributed by atoms with Crippen molar-refractivity contribution in [3.63, 3.8) is 0 Å². The molecule has 6 nitrogen and oxygen atoms in total. The number of likely N-dealkylation sites (N-methyl/N-ethyl adjacent to an activating group) is 1. The van der Waals surface area contributed by atoms with Crippen molar-refractivity contribution < 1.29 is 9.53 Å². The number of aromatic nitrogens is 1. The topological polar surface area (TPSA) is 58.5 Å². The second kappa shape index (κ2) is 8.51. The fourth-order valence-corrected chi connectivity index (χ4v) is 4.50. The molecule has 0 spiro atoms. The summed E-state index contributed by atoms with van der Waals surface area (Å²) in [5, 5.41) is 7.11. The SMILES string of the molecule is COCCCNC(=O)NCc1c(-n2cccc2)sc2c1CCN(C)C2. The Morgan fingerprint density at radius 1 is 1.32 bits per heavy atom. The zero-order valence-electron chi connectivity index (χ0n) is 14.9. The van der Waals surface area contributed by atoms with Gasteiger partial charge in [-0.3, -0.25) is 0 Å². The Morgan fingerprint density at radius 2 is 2.12 bits per heavy atom. The van der Waals surface area contributed by atoms with Gasteiger partial charge in [0.2, 0.25) is 0 Å². The molecule has 2 amide bonds. The van der Waals surface area contributed by atoms with E-state index in [0.29, 0.717) is 19.7 Å². The minimum Gasteiger partial charge on any atom is -0.385 e. The third kappa shape index (κ3) is 4.42. The summed E-state index contributed by atoms with van der Waals surface area (Å²) in [6, 6.07) is 3.94. The summed E-state index contributed by atoms with van der Waals surface area (Å²) in [4.78, 5) is 15.8. The van der Waals surface area contributed by atoms with Crippen LogP contribution in [0, 0.1) is 0 Å². The quantitative estimate of drug-likeness (QED) is 0.744. The van der Waals surface area contributed by atoms with E-state index in [4.69, 9.17) is 4.74 Å². The number of hydrogen-bond acceptors (Lipinski definition) is 4. The third-order valence-corrected chi connectivity index (χ3v) is 5.68. The average molecular weight is 362 g/mol. The molecule has 7 heteroatoms. The maximum absolute atomic E-state index is 12.0. The first-order chi connectivity index (χ1) is 12.2. The summed E-state index contributed by atoms with van der Waals surface area (Å²) < 4.78 is 7.14. The first kappa shape index (κ1) is 18.0. The van der Waals surface area contributed by atoms with Crippen LogP contribution in [-0.4, -0.2) is 49.4 Å². The maximum atomic E-state index is 12.0. The number of fused-ring (bicyclic) bond motifs is 1. The van der Waals surface area contributed by atoms with E-state index in [2.05, 4.69) is 39.5 Å². The van der Waals surface area contributed by atoms with Crippen LogP contribution in [0.25, 0.3) is 5.00 Å². The van der Waals surface area contributed by atoms with Crippen LogP contribution >= 0.6 is 11.3 Å². The standard InChI is InChI=1S/C18H26N4O2S/c1-21-10-6-14-15(12-20-18(23)19-7-5-11-24-2)17(25-16(14)13-21)22-8-3-4-9-22/h3-4,8-9H,5-7,10-13H2,1-2H3,(H2,19,20,23). The van der Waals surface area contributed by atoms with Gasteiger partial charge >= 0.3 is 6.03 Å². The monoisotopic (exact) mass is 362 g/mol. The summed E-state index contributed by atoms with van der Waals surface area (Å²) in [5.74, 6) is 0. The van der Waals surface area contributed by atoms with E-state index in [9.17, 15) is 4.79 Å². The summed E-state index contributed by atoms with van der Waals surface area (Å²) in [6.45, 7) is 3.88. The lowest BCUT2D eigenvalue weighted by Gasteiger charge is -2.22. The normalized spacial score (nSPS) is 14.3. The first-order valence-corrected chi connectivity index (χ1v) is 9.46. The molecule has 3 heterocycles. The van der Waals surface area contributed by atoms with Crippen molar-refractivity contribution in [3.8, 4) is 5.00 Å². The zero-order chi connectivity index (χ0) is 17.6. The van der Waals surface area contributed by atoms with Gasteiger partial charge in [0, 0.05) is 62.7 Å². The Morgan fingerprint density at radius 3 is 2.88 bits per heavy atom. The molecule has 0 bridgehead atoms. The van der Waals surface area contributed by atoms with Crippen LogP contribution < -0.4 is 10.6 Å². The molecule has 2 N–H and O–H groups in total. The smallest absolute Gasteiger partial charge is 0.315 e. The molecule has 25 heavy (non-hydrogen) atoms. The number of ether oxygens (including phenoxy) is 1. The molecule has 0 unspecified atom stereocenters. The van der Waals surface area contributed by atoms with E-state index in [0.717, 1.165) is 25.9 Å². The summed E-state index contributed by atoms with van der Waals surface area (Å²) in [7, 11) is 3.82. The molecular formula is C18H26N4O2S. The molecule has 0 fully saturated rings. The maximum Gasteiger partial charge on any atom is 0.315 e. The second-order valence-electron chi connectivity index (χ2n) is 6.32. The van der Waals surface area contributed by atoms with E-state index in [1.54, 1.807) is 7.11 Å². The summed E-state index contributed by atoms with van der Waals surface area (Å²) in [6.07, 6.45) is 5.99. The summed E-state index contributed by atoms with van der Waals surface area (Å²) in [5.41, 5.74) is 2.66. The van der Waals surface area contributed by atoms with Gasteiger partial charge in [-0.15, -0.1) is 11.3 Å². The van der Waals surface area contributed by atoms with Gasteiger partial charge in [0.15, 0.2) is 0 Å². The number of thiophene rings is 1. The van der Waals surface area contributed by atoms with Crippen LogP contribution in [0.4, 0.5) is 4.79 Å². The molecule has 2 aromatic heterocycles. The van der Waals surface area contributed by atoms with Crippen molar-refractivity contribution >= 4 is 17.4 Å². The van der Waals surface area contributed by atoms with E-state index in [-0.39, 0.29) is 6.03 Å². The molecule has 136 valence electrons. The van der Waals surface area contributed by atoms with Crippen LogP contribution in [0.15, 0.2) is 24.5 Å². The lowest BCUT2D eigenvalue weighted by atomic mass is 10.0. The van der Waals surface area contributed by atoms with Crippen LogP contribution in [0.1, 0.15) is 22.4 Å². The van der Waals surface area contributed by atoms with Gasteiger partial charge in [0.1, 0.15) is 5.00 Å². The molecule has 0 aliphatic carbocycles. The largest absolute Gasteiger partial charge is 0.385 e. The lowest BCUT2D eigenvalue weighted by molar-refractivity contribution is 0.193. The number of carbonyl (C=O) groups is 1. The molecule has 3 rings (SSSR count). The third-order valence-electron chi connectivity index (χ3n) is 4.41. The van der Waals surface area contributed by atoms with Gasteiger partial charge in [0.05, 0.1) is 0 Å². The van der Waals surface area contributed by atoms with Gasteiger partial charge in [-0.1, -0.05) is 0 Å². The Labute approximate surface area is 152 Å². The van der Waals surface area contributed by atoms with Crippen molar-refractivity contribution in [3.05, 3.63) is 40.5 Å². The number of hydrogen-bond donors (Lipinski definition) is 2. The van der Waals surface area contributed by atoms with Gasteiger partial charge in [0.25, 0.3) is 0 Å². The van der Waals surface area contributed by atoms with Crippen molar-refractivity contribution in [1.82, 2.24) is 20.1 Å². The molecule has 0 atom stereocenters. The van der Waals surface area contributed by atoms with Crippen LogP contribution in [-0.2, 0) is 24.2 Å². The van der Waals surface area contributed by atoms with Crippen LogP contribution in [0.3, 0.4) is 0 Å². The minimum atomic E-state index is -0.123. The average Bonchev–Trinajstić information content (AvgIpc) is 3.24. The molecule has 0 aromatic carbocycles. The predicted molar refractivity (Wildman–Crippen MR) is 100 cm³/mol. The van der Waals surface area contributed by atoms with Crippen molar-refractivity contribution in [2.24, 2.45) is 0 Å². The Balaban J connectivity index is 1.70. The minimum absolute atomic E-state index is 0.123. The van der Waals surface area contributed by atoms with Crippen molar-refractivity contribution in [2.45, 2.75) is 25.9 Å². The highest BCUT2D eigenvalue weighted by Crippen LogP contribution is 2.35. The van der Waals surface area contributed by atoms with Crippen LogP contribution in [0.5, 0.6) is 0 Å². The first-order valence-electron chi connectivity index (χ1n) is 8.65. The highest BCUT2D eigenvalue weighted by atomic mass is 32.1. The molecule has 1 aliphatic rings. The van der Waals surface area contributed by atoms with E-state index in [1.165, 1.54) is 21.0 Å². The fraction of sp³-hybridized carbons (Fsp3) is 0.500. The highest BCUT2D eigenvalue weighted by Gasteiger charge is 2.23. The zero-order valence-corrected chi connectivity index (χ0v) is 15.7. The number of methoxy groups -OCH3 is 1. The van der Waals surface area contributed by atoms with Gasteiger partial charge in [-0.2, -0.15) is 0 Å². The number of amides is 2. The van der Waals surface area contributed by atoms with E-state index < -0.39 is 0 Å². The van der Waals surface area contributed by atoms with Crippen molar-refractivity contribution in [2.75, 3.05) is 33.9 Å². The Kier molecular flexibility index (Phi) is 6.12. The lowest BCUT2D eigenvalue weighted by Crippen LogP contribution is -2.36. The summed E-state index contributed by atoms with van der Waals surface area (Å²) >= 11 is 1.83. The van der Waals surface area contributed by atoms with E-state index in [1.807, 2.05) is 23.5 Å². The number of nitrogens with zero attached hydrogens (tertiary/aromatic N) is 2.